The quantitative estimate of drug-likeness (QED) is 0.487. The van der Waals surface area contributed by atoms with Crippen molar-refractivity contribution in [2.75, 3.05) is 46.3 Å². The Labute approximate surface area is 201 Å². The van der Waals surface area contributed by atoms with Gasteiger partial charge >= 0.3 is 0 Å². The Morgan fingerprint density at radius 1 is 1.00 bits per heavy atom. The Kier molecular flexibility index (Phi) is 8.15. The van der Waals surface area contributed by atoms with Crippen LogP contribution in [0.5, 0.6) is 0 Å². The third-order valence-electron chi connectivity index (χ3n) is 6.10. The van der Waals surface area contributed by atoms with Gasteiger partial charge < -0.3 is 15.1 Å². The number of hydrogen-bond donors (Lipinski definition) is 1. The van der Waals surface area contributed by atoms with Crippen LogP contribution < -0.4 is 5.32 Å². The molecule has 1 saturated heterocycles. The minimum atomic E-state index is 0.0254. The van der Waals surface area contributed by atoms with E-state index >= 15 is 0 Å². The van der Waals surface area contributed by atoms with Crippen molar-refractivity contribution in [3.05, 3.63) is 71.4 Å². The van der Waals surface area contributed by atoms with E-state index in [1.807, 2.05) is 65.5 Å². The van der Waals surface area contributed by atoms with Crippen molar-refractivity contribution in [1.82, 2.24) is 24.9 Å². The van der Waals surface area contributed by atoms with Crippen molar-refractivity contribution in [1.29, 1.82) is 0 Å². The van der Waals surface area contributed by atoms with Crippen LogP contribution in [0.2, 0.25) is 5.02 Å². The lowest BCUT2D eigenvalue weighted by molar-refractivity contribution is -0.120. The van der Waals surface area contributed by atoms with E-state index in [1.54, 1.807) is 0 Å². The van der Waals surface area contributed by atoms with Gasteiger partial charge in [0.05, 0.1) is 17.8 Å². The molecule has 1 N–H and O–H groups in total. The summed E-state index contributed by atoms with van der Waals surface area (Å²) in [5.41, 5.74) is 3.61. The number of rotatable bonds is 9. The number of likely N-dealkylation sites (N-methyl/N-ethyl adjacent to an activating group) is 1. The fourth-order valence-corrected chi connectivity index (χ4v) is 4.22. The van der Waals surface area contributed by atoms with Crippen LogP contribution in [0.1, 0.15) is 18.4 Å². The summed E-state index contributed by atoms with van der Waals surface area (Å²) in [5.74, 6) is 0.0254. The van der Waals surface area contributed by atoms with E-state index in [1.165, 1.54) is 0 Å². The standard InChI is InChI=1S/C26H32ClN5O/c1-30-15-17-31(18-16-30)14-6-5-13-28-25(33)19-22-20-32(24-7-3-2-4-8-24)29-26(22)21-9-11-23(27)12-10-21/h2-4,7-12,20H,5-6,13-19H2,1H3,(H,28,33). The maximum absolute atomic E-state index is 12.7. The molecule has 1 aliphatic rings. The lowest BCUT2D eigenvalue weighted by atomic mass is 10.1. The zero-order valence-electron chi connectivity index (χ0n) is 19.2. The van der Waals surface area contributed by atoms with Gasteiger partial charge in [0.25, 0.3) is 0 Å². The normalized spacial score (nSPS) is 15.0. The van der Waals surface area contributed by atoms with Crippen molar-refractivity contribution in [3.8, 4) is 16.9 Å². The van der Waals surface area contributed by atoms with Gasteiger partial charge in [-0.1, -0.05) is 41.9 Å². The molecule has 0 aliphatic carbocycles. The minimum absolute atomic E-state index is 0.0254. The van der Waals surface area contributed by atoms with Gasteiger partial charge in [-0.25, -0.2) is 4.68 Å². The van der Waals surface area contributed by atoms with Gasteiger partial charge in [0.2, 0.25) is 5.91 Å². The molecule has 0 unspecified atom stereocenters. The summed E-state index contributed by atoms with van der Waals surface area (Å²) in [4.78, 5) is 17.6. The molecule has 174 valence electrons. The minimum Gasteiger partial charge on any atom is -0.356 e. The number of halogens is 1. The van der Waals surface area contributed by atoms with E-state index in [-0.39, 0.29) is 5.91 Å². The van der Waals surface area contributed by atoms with E-state index in [9.17, 15) is 4.79 Å². The molecule has 2 heterocycles. The number of aromatic nitrogens is 2. The number of carbonyl (C=O) groups excluding carboxylic acids is 1. The fraction of sp³-hybridized carbons (Fsp3) is 0.385. The third-order valence-corrected chi connectivity index (χ3v) is 6.35. The van der Waals surface area contributed by atoms with Gasteiger partial charge in [0.15, 0.2) is 0 Å². The zero-order chi connectivity index (χ0) is 23.0. The Morgan fingerprint density at radius 2 is 1.73 bits per heavy atom. The number of unbranched alkanes of at least 4 members (excludes halogenated alkanes) is 1. The molecule has 0 atom stereocenters. The summed E-state index contributed by atoms with van der Waals surface area (Å²) in [6.45, 7) is 6.38. The summed E-state index contributed by atoms with van der Waals surface area (Å²) in [6, 6.07) is 17.5. The Morgan fingerprint density at radius 3 is 2.45 bits per heavy atom. The molecule has 1 amide bonds. The smallest absolute Gasteiger partial charge is 0.224 e. The van der Waals surface area contributed by atoms with Gasteiger partial charge in [-0.3, -0.25) is 4.79 Å². The zero-order valence-corrected chi connectivity index (χ0v) is 20.0. The number of nitrogens with one attached hydrogen (secondary N) is 1. The molecule has 1 aliphatic heterocycles. The van der Waals surface area contributed by atoms with E-state index in [0.29, 0.717) is 18.0 Å². The largest absolute Gasteiger partial charge is 0.356 e. The number of benzene rings is 2. The predicted octanol–water partition coefficient (Wildman–Crippen LogP) is 3.88. The number of nitrogens with zero attached hydrogens (tertiary/aromatic N) is 4. The Balaban J connectivity index is 1.34. The van der Waals surface area contributed by atoms with Crippen molar-refractivity contribution in [2.45, 2.75) is 19.3 Å². The highest BCUT2D eigenvalue weighted by Crippen LogP contribution is 2.25. The third kappa shape index (κ3) is 6.67. The van der Waals surface area contributed by atoms with Gasteiger partial charge in [-0.05, 0) is 50.7 Å². The van der Waals surface area contributed by atoms with Crippen LogP contribution in [0.25, 0.3) is 16.9 Å². The molecule has 0 radical (unpaired) electrons. The second kappa shape index (κ2) is 11.5. The van der Waals surface area contributed by atoms with Crippen molar-refractivity contribution < 1.29 is 4.79 Å². The SMILES string of the molecule is CN1CCN(CCCCNC(=O)Cc2cn(-c3ccccc3)nc2-c2ccc(Cl)cc2)CC1. The lowest BCUT2D eigenvalue weighted by Gasteiger charge is -2.32. The average Bonchev–Trinajstić information content (AvgIpc) is 3.25. The first kappa shape index (κ1) is 23.5. The number of hydrogen-bond acceptors (Lipinski definition) is 4. The summed E-state index contributed by atoms with van der Waals surface area (Å²) >= 11 is 6.07. The number of amides is 1. The summed E-state index contributed by atoms with van der Waals surface area (Å²) in [6.07, 6.45) is 4.34. The first-order chi connectivity index (χ1) is 16.1. The number of para-hydroxylation sites is 1. The van der Waals surface area contributed by atoms with Gasteiger partial charge in [0, 0.05) is 55.1 Å². The fourth-order valence-electron chi connectivity index (χ4n) is 4.10. The van der Waals surface area contributed by atoms with Crippen LogP contribution in [-0.2, 0) is 11.2 Å². The first-order valence-corrected chi connectivity index (χ1v) is 12.0. The van der Waals surface area contributed by atoms with Gasteiger partial charge in [0.1, 0.15) is 0 Å². The van der Waals surface area contributed by atoms with Gasteiger partial charge in [-0.2, -0.15) is 5.10 Å². The summed E-state index contributed by atoms with van der Waals surface area (Å²) in [5, 5.41) is 8.55. The van der Waals surface area contributed by atoms with Gasteiger partial charge in [-0.15, -0.1) is 0 Å². The highest BCUT2D eigenvalue weighted by molar-refractivity contribution is 6.30. The molecule has 3 aromatic rings. The summed E-state index contributed by atoms with van der Waals surface area (Å²) < 4.78 is 1.84. The van der Waals surface area contributed by atoms with Crippen molar-refractivity contribution >= 4 is 17.5 Å². The molecular weight excluding hydrogens is 434 g/mol. The van der Waals surface area contributed by atoms with Crippen molar-refractivity contribution in [2.24, 2.45) is 0 Å². The molecule has 7 heteroatoms. The molecule has 1 aromatic heterocycles. The number of piperazine rings is 1. The van der Waals surface area contributed by atoms with E-state index < -0.39 is 0 Å². The van der Waals surface area contributed by atoms with E-state index in [0.717, 1.165) is 68.1 Å². The topological polar surface area (TPSA) is 53.4 Å². The first-order valence-electron chi connectivity index (χ1n) is 11.7. The highest BCUT2D eigenvalue weighted by Gasteiger charge is 2.16. The molecule has 2 aromatic carbocycles. The van der Waals surface area contributed by atoms with E-state index in [4.69, 9.17) is 16.7 Å². The van der Waals surface area contributed by atoms with Crippen LogP contribution in [0, 0.1) is 0 Å². The highest BCUT2D eigenvalue weighted by atomic mass is 35.5. The van der Waals surface area contributed by atoms with Crippen LogP contribution in [0.15, 0.2) is 60.8 Å². The van der Waals surface area contributed by atoms with Crippen LogP contribution in [0.3, 0.4) is 0 Å². The predicted molar refractivity (Wildman–Crippen MR) is 134 cm³/mol. The second-order valence-corrected chi connectivity index (χ2v) is 9.11. The lowest BCUT2D eigenvalue weighted by Crippen LogP contribution is -2.44. The molecule has 0 spiro atoms. The average molecular weight is 466 g/mol. The van der Waals surface area contributed by atoms with Crippen LogP contribution in [-0.4, -0.2) is 71.8 Å². The Hall–Kier alpha value is -2.67. The number of carbonyl (C=O) groups is 1. The van der Waals surface area contributed by atoms with Crippen LogP contribution in [0.4, 0.5) is 0 Å². The maximum Gasteiger partial charge on any atom is 0.224 e. The molecule has 4 rings (SSSR count). The summed E-state index contributed by atoms with van der Waals surface area (Å²) in [7, 11) is 2.18. The van der Waals surface area contributed by atoms with E-state index in [2.05, 4.69) is 22.2 Å². The van der Waals surface area contributed by atoms with Crippen LogP contribution >= 0.6 is 11.6 Å². The molecular formula is C26H32ClN5O. The Bertz CT molecular complexity index is 1030. The molecule has 33 heavy (non-hydrogen) atoms. The van der Waals surface area contributed by atoms with Crippen molar-refractivity contribution in [3.63, 3.8) is 0 Å². The molecule has 1 fully saturated rings. The molecule has 6 nitrogen and oxygen atoms in total. The maximum atomic E-state index is 12.7. The monoisotopic (exact) mass is 465 g/mol. The molecule has 0 saturated carbocycles. The second-order valence-electron chi connectivity index (χ2n) is 8.67. The molecule has 0 bridgehead atoms.